The first-order valence-corrected chi connectivity index (χ1v) is 5.72. The summed E-state index contributed by atoms with van der Waals surface area (Å²) in [6.07, 6.45) is 1.29. The first kappa shape index (κ1) is 11.3. The van der Waals surface area contributed by atoms with Gasteiger partial charge in [-0.1, -0.05) is 12.1 Å². The third kappa shape index (κ3) is 2.40. The second kappa shape index (κ2) is 4.81. The maximum Gasteiger partial charge on any atom is 0.251 e. The van der Waals surface area contributed by atoms with Gasteiger partial charge in [0.15, 0.2) is 0 Å². The lowest BCUT2D eigenvalue weighted by molar-refractivity contribution is 0.480. The van der Waals surface area contributed by atoms with Crippen molar-refractivity contribution >= 4 is 5.69 Å². The number of nitrogens with two attached hydrogens (primary N) is 1. The Morgan fingerprint density at radius 2 is 1.79 bits per heavy atom. The van der Waals surface area contributed by atoms with Crippen LogP contribution in [0.1, 0.15) is 0 Å². The summed E-state index contributed by atoms with van der Waals surface area (Å²) in [5.41, 5.74) is 7.08. The number of anilines is 1. The molecule has 3 aromatic rings. The Kier molecular flexibility index (Phi) is 2.86. The minimum absolute atomic E-state index is 0.422. The number of ether oxygens (including phenoxy) is 1. The van der Waals surface area contributed by atoms with Gasteiger partial charge in [0.25, 0.3) is 5.89 Å². The summed E-state index contributed by atoms with van der Waals surface area (Å²) in [5, 5.41) is 7.56. The van der Waals surface area contributed by atoms with E-state index < -0.39 is 0 Å². The van der Waals surface area contributed by atoms with Crippen LogP contribution >= 0.6 is 0 Å². The summed E-state index contributed by atoms with van der Waals surface area (Å²) < 4.78 is 11.0. The van der Waals surface area contributed by atoms with Crippen LogP contribution in [0.3, 0.4) is 0 Å². The molecule has 0 unspecified atom stereocenters. The molecular weight excluding hydrogens is 242 g/mol. The first-order valence-electron chi connectivity index (χ1n) is 5.72. The second-order valence-electron chi connectivity index (χ2n) is 3.91. The van der Waals surface area contributed by atoms with E-state index in [4.69, 9.17) is 14.9 Å². The van der Waals surface area contributed by atoms with Crippen LogP contribution in [0.2, 0.25) is 0 Å². The average molecular weight is 253 g/mol. The van der Waals surface area contributed by atoms with Crippen molar-refractivity contribution in [2.75, 3.05) is 5.73 Å². The normalized spacial score (nSPS) is 10.3. The highest BCUT2D eigenvalue weighted by Crippen LogP contribution is 2.32. The van der Waals surface area contributed by atoms with E-state index in [-0.39, 0.29) is 0 Å². The number of nitrogens with zero attached hydrogens (tertiary/aromatic N) is 2. The molecule has 5 nitrogen and oxygen atoms in total. The Bertz CT molecular complexity index is 663. The quantitative estimate of drug-likeness (QED) is 0.726. The predicted octanol–water partition coefficient (Wildman–Crippen LogP) is 3.11. The largest absolute Gasteiger partial charge is 0.457 e. The lowest BCUT2D eigenvalue weighted by Gasteiger charge is -2.08. The summed E-state index contributed by atoms with van der Waals surface area (Å²) in [6, 6.07) is 14.6. The molecule has 0 aliphatic rings. The molecule has 94 valence electrons. The lowest BCUT2D eigenvalue weighted by Crippen LogP contribution is -1.89. The van der Waals surface area contributed by atoms with E-state index >= 15 is 0 Å². The van der Waals surface area contributed by atoms with Gasteiger partial charge in [-0.3, -0.25) is 0 Å². The molecule has 0 fully saturated rings. The number of rotatable bonds is 3. The zero-order valence-corrected chi connectivity index (χ0v) is 9.98. The van der Waals surface area contributed by atoms with Crippen LogP contribution in [0, 0.1) is 0 Å². The number of hydrogen-bond donors (Lipinski definition) is 1. The Labute approximate surface area is 109 Å². The standard InChI is InChI=1S/C14H11N3O2/c15-10-5-7-11(8-6-10)19-13-4-2-1-3-12(13)14-17-16-9-18-14/h1-9H,15H2. The van der Waals surface area contributed by atoms with Crippen molar-refractivity contribution in [2.45, 2.75) is 0 Å². The molecular formula is C14H11N3O2. The maximum atomic E-state index is 5.80. The van der Waals surface area contributed by atoms with Gasteiger partial charge < -0.3 is 14.9 Å². The summed E-state index contributed by atoms with van der Waals surface area (Å²) in [4.78, 5) is 0. The Hall–Kier alpha value is -2.82. The molecule has 0 spiro atoms. The minimum atomic E-state index is 0.422. The van der Waals surface area contributed by atoms with Crippen LogP contribution in [0.4, 0.5) is 5.69 Å². The van der Waals surface area contributed by atoms with Crippen molar-refractivity contribution in [3.63, 3.8) is 0 Å². The molecule has 0 amide bonds. The molecule has 5 heteroatoms. The summed E-state index contributed by atoms with van der Waals surface area (Å²) >= 11 is 0. The van der Waals surface area contributed by atoms with Gasteiger partial charge in [0.1, 0.15) is 11.5 Å². The minimum Gasteiger partial charge on any atom is -0.457 e. The smallest absolute Gasteiger partial charge is 0.251 e. The Morgan fingerprint density at radius 3 is 2.53 bits per heavy atom. The molecule has 19 heavy (non-hydrogen) atoms. The monoisotopic (exact) mass is 253 g/mol. The number of benzene rings is 2. The second-order valence-corrected chi connectivity index (χ2v) is 3.91. The Morgan fingerprint density at radius 1 is 1.00 bits per heavy atom. The molecule has 0 bridgehead atoms. The number of para-hydroxylation sites is 1. The highest BCUT2D eigenvalue weighted by atomic mass is 16.5. The fraction of sp³-hybridized carbons (Fsp3) is 0. The van der Waals surface area contributed by atoms with Crippen LogP contribution < -0.4 is 10.5 Å². The number of hydrogen-bond acceptors (Lipinski definition) is 5. The van der Waals surface area contributed by atoms with Crippen molar-refractivity contribution in [3.05, 3.63) is 54.9 Å². The van der Waals surface area contributed by atoms with Crippen LogP contribution in [0.5, 0.6) is 11.5 Å². The Balaban J connectivity index is 1.95. The molecule has 0 aliphatic carbocycles. The van der Waals surface area contributed by atoms with Crippen LogP contribution in [0.25, 0.3) is 11.5 Å². The van der Waals surface area contributed by atoms with Crippen LogP contribution in [-0.2, 0) is 0 Å². The van der Waals surface area contributed by atoms with Gasteiger partial charge in [-0.05, 0) is 36.4 Å². The fourth-order valence-corrected chi connectivity index (χ4v) is 1.69. The van der Waals surface area contributed by atoms with Crippen LogP contribution in [-0.4, -0.2) is 10.2 Å². The van der Waals surface area contributed by atoms with Crippen molar-refractivity contribution in [1.29, 1.82) is 0 Å². The van der Waals surface area contributed by atoms with E-state index in [1.807, 2.05) is 24.3 Å². The third-order valence-electron chi connectivity index (χ3n) is 2.59. The third-order valence-corrected chi connectivity index (χ3v) is 2.59. The summed E-state index contributed by atoms with van der Waals surface area (Å²) in [5.74, 6) is 1.77. The summed E-state index contributed by atoms with van der Waals surface area (Å²) in [7, 11) is 0. The number of nitrogen functional groups attached to an aromatic ring is 1. The molecule has 0 atom stereocenters. The van der Waals surface area contributed by atoms with Crippen molar-refractivity contribution in [3.8, 4) is 23.0 Å². The van der Waals surface area contributed by atoms with Gasteiger partial charge in [-0.2, -0.15) is 0 Å². The van der Waals surface area contributed by atoms with E-state index in [0.717, 1.165) is 5.56 Å². The van der Waals surface area contributed by atoms with Gasteiger partial charge in [-0.25, -0.2) is 0 Å². The predicted molar refractivity (Wildman–Crippen MR) is 70.7 cm³/mol. The molecule has 2 aromatic carbocycles. The van der Waals surface area contributed by atoms with Gasteiger partial charge >= 0.3 is 0 Å². The fourth-order valence-electron chi connectivity index (χ4n) is 1.69. The van der Waals surface area contributed by atoms with Crippen molar-refractivity contribution < 1.29 is 9.15 Å². The van der Waals surface area contributed by atoms with E-state index in [2.05, 4.69) is 10.2 Å². The molecule has 0 saturated carbocycles. The number of aromatic nitrogens is 2. The molecule has 0 saturated heterocycles. The van der Waals surface area contributed by atoms with Crippen molar-refractivity contribution in [1.82, 2.24) is 10.2 Å². The van der Waals surface area contributed by atoms with E-state index in [9.17, 15) is 0 Å². The van der Waals surface area contributed by atoms with Crippen molar-refractivity contribution in [2.24, 2.45) is 0 Å². The van der Waals surface area contributed by atoms with E-state index in [0.29, 0.717) is 23.1 Å². The SMILES string of the molecule is Nc1ccc(Oc2ccccc2-c2nnco2)cc1. The zero-order valence-electron chi connectivity index (χ0n) is 9.98. The molecule has 0 radical (unpaired) electrons. The van der Waals surface area contributed by atoms with Gasteiger partial charge in [0.2, 0.25) is 6.39 Å². The highest BCUT2D eigenvalue weighted by molar-refractivity contribution is 5.63. The van der Waals surface area contributed by atoms with Gasteiger partial charge in [-0.15, -0.1) is 10.2 Å². The molecule has 1 heterocycles. The van der Waals surface area contributed by atoms with E-state index in [1.165, 1.54) is 6.39 Å². The lowest BCUT2D eigenvalue weighted by atomic mass is 10.2. The first-order chi connectivity index (χ1) is 9.33. The average Bonchev–Trinajstić information content (AvgIpc) is 2.96. The molecule has 1 aromatic heterocycles. The molecule has 3 rings (SSSR count). The van der Waals surface area contributed by atoms with Crippen LogP contribution in [0.15, 0.2) is 59.3 Å². The molecule has 0 aliphatic heterocycles. The van der Waals surface area contributed by atoms with Gasteiger partial charge in [0, 0.05) is 5.69 Å². The summed E-state index contributed by atoms with van der Waals surface area (Å²) in [6.45, 7) is 0. The molecule has 2 N–H and O–H groups in total. The maximum absolute atomic E-state index is 5.80. The van der Waals surface area contributed by atoms with Gasteiger partial charge in [0.05, 0.1) is 5.56 Å². The topological polar surface area (TPSA) is 74.2 Å². The highest BCUT2D eigenvalue weighted by Gasteiger charge is 2.11. The zero-order chi connectivity index (χ0) is 13.1. The van der Waals surface area contributed by atoms with E-state index in [1.54, 1.807) is 24.3 Å².